The van der Waals surface area contributed by atoms with Crippen molar-refractivity contribution in [2.75, 3.05) is 53.6 Å². The van der Waals surface area contributed by atoms with Crippen LogP contribution in [0, 0.1) is 0 Å². The van der Waals surface area contributed by atoms with Gasteiger partial charge in [0.1, 0.15) is 0 Å². The third-order valence-electron chi connectivity index (χ3n) is 6.66. The molecule has 0 atom stereocenters. The summed E-state index contributed by atoms with van der Waals surface area (Å²) in [7, 11) is 3.14. The number of hydrogen-bond acceptors (Lipinski definition) is 6. The van der Waals surface area contributed by atoms with Crippen molar-refractivity contribution in [2.45, 2.75) is 57.7 Å². The van der Waals surface area contributed by atoms with E-state index in [1.54, 1.807) is 26.4 Å². The Morgan fingerprint density at radius 1 is 1.13 bits per heavy atom. The molecule has 7 nitrogen and oxygen atoms in total. The van der Waals surface area contributed by atoms with Crippen molar-refractivity contribution in [2.24, 2.45) is 0 Å². The second-order valence-electron chi connectivity index (χ2n) is 8.74. The Bertz CT molecular complexity index is 698. The highest BCUT2D eigenvalue weighted by Gasteiger charge is 2.31. The van der Waals surface area contributed by atoms with Crippen molar-refractivity contribution in [3.8, 4) is 11.5 Å². The monoisotopic (exact) mass is 433 g/mol. The van der Waals surface area contributed by atoms with Gasteiger partial charge in [0.05, 0.1) is 19.8 Å². The van der Waals surface area contributed by atoms with Crippen molar-refractivity contribution < 1.29 is 19.0 Å². The fourth-order valence-electron chi connectivity index (χ4n) is 4.87. The molecule has 31 heavy (non-hydrogen) atoms. The van der Waals surface area contributed by atoms with E-state index in [0.29, 0.717) is 41.7 Å². The van der Waals surface area contributed by atoms with Crippen LogP contribution in [-0.4, -0.2) is 87.4 Å². The molecule has 0 unspecified atom stereocenters. The maximum atomic E-state index is 12.9. The SMILES string of the molecule is COc1cccc(C(=O)NCCN(C2CCOCC2)C2CCN(C(C)C)CC2)c1OC. The fourth-order valence-corrected chi connectivity index (χ4v) is 4.87. The summed E-state index contributed by atoms with van der Waals surface area (Å²) in [5, 5.41) is 3.10. The number of nitrogens with one attached hydrogen (secondary N) is 1. The van der Waals surface area contributed by atoms with E-state index < -0.39 is 0 Å². The lowest BCUT2D eigenvalue weighted by atomic mass is 9.97. The normalized spacial score (nSPS) is 19.0. The van der Waals surface area contributed by atoms with Gasteiger partial charge in [-0.05, 0) is 64.8 Å². The Balaban J connectivity index is 1.61. The van der Waals surface area contributed by atoms with Gasteiger partial charge in [0.2, 0.25) is 0 Å². The van der Waals surface area contributed by atoms with E-state index >= 15 is 0 Å². The number of para-hydroxylation sites is 1. The Kier molecular flexibility index (Phi) is 8.99. The molecule has 2 aliphatic rings. The number of methoxy groups -OCH3 is 2. The van der Waals surface area contributed by atoms with Gasteiger partial charge in [-0.3, -0.25) is 9.69 Å². The number of piperidine rings is 1. The van der Waals surface area contributed by atoms with E-state index in [1.807, 2.05) is 6.07 Å². The van der Waals surface area contributed by atoms with Gasteiger partial charge in [0, 0.05) is 44.4 Å². The van der Waals surface area contributed by atoms with Crippen LogP contribution in [0.4, 0.5) is 0 Å². The number of rotatable bonds is 9. The highest BCUT2D eigenvalue weighted by atomic mass is 16.5. The molecular formula is C24H39N3O4. The molecule has 2 heterocycles. The average Bonchev–Trinajstić information content (AvgIpc) is 2.81. The van der Waals surface area contributed by atoms with Crippen molar-refractivity contribution in [3.63, 3.8) is 0 Å². The van der Waals surface area contributed by atoms with Crippen LogP contribution in [0.2, 0.25) is 0 Å². The predicted molar refractivity (Wildman–Crippen MR) is 122 cm³/mol. The minimum atomic E-state index is -0.127. The summed E-state index contributed by atoms with van der Waals surface area (Å²) in [4.78, 5) is 18.1. The van der Waals surface area contributed by atoms with Gasteiger partial charge in [0.15, 0.2) is 11.5 Å². The molecule has 0 saturated carbocycles. The van der Waals surface area contributed by atoms with E-state index in [2.05, 4.69) is 29.0 Å². The minimum absolute atomic E-state index is 0.127. The lowest BCUT2D eigenvalue weighted by molar-refractivity contribution is 0.0000203. The Morgan fingerprint density at radius 3 is 2.42 bits per heavy atom. The molecule has 0 aliphatic carbocycles. The third kappa shape index (κ3) is 6.11. The summed E-state index contributed by atoms with van der Waals surface area (Å²) in [6.07, 6.45) is 4.52. The molecule has 1 aromatic carbocycles. The van der Waals surface area contributed by atoms with E-state index in [-0.39, 0.29) is 5.91 Å². The first-order chi connectivity index (χ1) is 15.0. The van der Waals surface area contributed by atoms with Crippen molar-refractivity contribution >= 4 is 5.91 Å². The van der Waals surface area contributed by atoms with Gasteiger partial charge in [0.25, 0.3) is 5.91 Å². The zero-order valence-corrected chi connectivity index (χ0v) is 19.6. The van der Waals surface area contributed by atoms with Gasteiger partial charge < -0.3 is 24.4 Å². The van der Waals surface area contributed by atoms with Crippen LogP contribution in [0.15, 0.2) is 18.2 Å². The third-order valence-corrected chi connectivity index (χ3v) is 6.66. The molecule has 1 N–H and O–H groups in total. The van der Waals surface area contributed by atoms with E-state index in [0.717, 1.165) is 45.7 Å². The molecule has 7 heteroatoms. The van der Waals surface area contributed by atoms with Gasteiger partial charge >= 0.3 is 0 Å². The molecule has 2 fully saturated rings. The van der Waals surface area contributed by atoms with Gasteiger partial charge in [-0.25, -0.2) is 0 Å². The van der Waals surface area contributed by atoms with Crippen LogP contribution in [0.1, 0.15) is 49.9 Å². The summed E-state index contributed by atoms with van der Waals surface area (Å²) >= 11 is 0. The maximum absolute atomic E-state index is 12.9. The first-order valence-corrected chi connectivity index (χ1v) is 11.6. The molecule has 0 bridgehead atoms. The molecule has 1 aromatic rings. The molecule has 2 aliphatic heterocycles. The van der Waals surface area contributed by atoms with Crippen LogP contribution in [0.3, 0.4) is 0 Å². The predicted octanol–water partition coefficient (Wildman–Crippen LogP) is 2.79. The molecule has 0 radical (unpaired) electrons. The fraction of sp³-hybridized carbons (Fsp3) is 0.708. The van der Waals surface area contributed by atoms with E-state index in [1.165, 1.54) is 12.8 Å². The molecule has 0 spiro atoms. The minimum Gasteiger partial charge on any atom is -0.493 e. The van der Waals surface area contributed by atoms with Crippen molar-refractivity contribution in [1.82, 2.24) is 15.1 Å². The van der Waals surface area contributed by atoms with Crippen LogP contribution in [0.5, 0.6) is 11.5 Å². The standard InChI is InChI=1S/C24H39N3O4/c1-18(2)26-13-8-19(9-14-26)27(20-10-16-31-17-11-20)15-12-25-24(28)21-6-5-7-22(29-3)23(21)30-4/h5-7,18-20H,8-17H2,1-4H3,(H,25,28). The number of benzene rings is 1. The van der Waals surface area contributed by atoms with Gasteiger partial charge in [-0.1, -0.05) is 6.07 Å². The second kappa shape index (κ2) is 11.7. The molecule has 174 valence electrons. The molecule has 0 aromatic heterocycles. The largest absolute Gasteiger partial charge is 0.493 e. The zero-order chi connectivity index (χ0) is 22.2. The smallest absolute Gasteiger partial charge is 0.255 e. The van der Waals surface area contributed by atoms with Gasteiger partial charge in [-0.15, -0.1) is 0 Å². The first kappa shape index (κ1) is 23.8. The number of carbonyl (C=O) groups is 1. The number of nitrogens with zero attached hydrogens (tertiary/aromatic N) is 2. The molecule has 2 saturated heterocycles. The van der Waals surface area contributed by atoms with Crippen LogP contribution in [0.25, 0.3) is 0 Å². The summed E-state index contributed by atoms with van der Waals surface area (Å²) in [6, 6.07) is 7.09. The first-order valence-electron chi connectivity index (χ1n) is 11.6. The Labute approximate surface area is 187 Å². The average molecular weight is 434 g/mol. The highest BCUT2D eigenvalue weighted by Crippen LogP contribution is 2.30. The lowest BCUT2D eigenvalue weighted by Crippen LogP contribution is -2.53. The number of likely N-dealkylation sites (tertiary alicyclic amines) is 1. The van der Waals surface area contributed by atoms with Crippen molar-refractivity contribution in [1.29, 1.82) is 0 Å². The molecular weight excluding hydrogens is 394 g/mol. The zero-order valence-electron chi connectivity index (χ0n) is 19.6. The van der Waals surface area contributed by atoms with E-state index in [9.17, 15) is 4.79 Å². The topological polar surface area (TPSA) is 63.3 Å². The Morgan fingerprint density at radius 2 is 1.81 bits per heavy atom. The number of hydrogen-bond donors (Lipinski definition) is 1. The van der Waals surface area contributed by atoms with E-state index in [4.69, 9.17) is 14.2 Å². The molecule has 1 amide bonds. The molecule has 3 rings (SSSR count). The number of amides is 1. The lowest BCUT2D eigenvalue weighted by Gasteiger charge is -2.44. The van der Waals surface area contributed by atoms with Crippen LogP contribution >= 0.6 is 0 Å². The summed E-state index contributed by atoms with van der Waals surface area (Å²) < 4.78 is 16.3. The summed E-state index contributed by atoms with van der Waals surface area (Å²) in [6.45, 7) is 9.98. The maximum Gasteiger partial charge on any atom is 0.255 e. The second-order valence-corrected chi connectivity index (χ2v) is 8.74. The van der Waals surface area contributed by atoms with Crippen LogP contribution < -0.4 is 14.8 Å². The van der Waals surface area contributed by atoms with Crippen molar-refractivity contribution in [3.05, 3.63) is 23.8 Å². The quantitative estimate of drug-likeness (QED) is 0.646. The Hall–Kier alpha value is -1.83. The van der Waals surface area contributed by atoms with Gasteiger partial charge in [-0.2, -0.15) is 0 Å². The van der Waals surface area contributed by atoms with Crippen LogP contribution in [-0.2, 0) is 4.74 Å². The number of ether oxygens (including phenoxy) is 3. The highest BCUT2D eigenvalue weighted by molar-refractivity contribution is 5.97. The summed E-state index contributed by atoms with van der Waals surface area (Å²) in [5.74, 6) is 0.915. The number of carbonyl (C=O) groups excluding carboxylic acids is 1. The summed E-state index contributed by atoms with van der Waals surface area (Å²) in [5.41, 5.74) is 0.504.